The number of nitrogens with zero attached hydrogens (tertiary/aromatic N) is 2. The third-order valence-electron chi connectivity index (χ3n) is 7.78. The van der Waals surface area contributed by atoms with Gasteiger partial charge in [-0.15, -0.1) is 0 Å². The van der Waals surface area contributed by atoms with E-state index in [2.05, 4.69) is 107 Å². The molecule has 9 aromatic rings. The van der Waals surface area contributed by atoms with Crippen LogP contribution >= 0.6 is 0 Å². The summed E-state index contributed by atoms with van der Waals surface area (Å²) in [4.78, 5) is 0. The highest BCUT2D eigenvalue weighted by atomic mass is 14.9. The largest absolute Gasteiger partial charge is 0.308 e. The van der Waals surface area contributed by atoms with Crippen molar-refractivity contribution in [2.45, 2.75) is 6.92 Å². The Morgan fingerprint density at radius 3 is 1.58 bits per heavy atom. The lowest BCUT2D eigenvalue weighted by Crippen LogP contribution is -1.83. The molecule has 0 bridgehead atoms. The Bertz CT molecular complexity index is 2240. The van der Waals surface area contributed by atoms with Crippen molar-refractivity contribution in [2.75, 3.05) is 0 Å². The molecule has 0 amide bonds. The average Bonchev–Trinajstić information content (AvgIpc) is 3.55. The molecule has 0 N–H and O–H groups in total. The predicted octanol–water partition coefficient (Wildman–Crippen LogP) is 8.30. The average molecular weight is 418 g/mol. The first-order valence-electron chi connectivity index (χ1n) is 11.5. The van der Waals surface area contributed by atoms with Gasteiger partial charge >= 0.3 is 0 Å². The van der Waals surface area contributed by atoms with E-state index < -0.39 is 0 Å². The first kappa shape index (κ1) is 16.3. The molecule has 0 saturated heterocycles. The highest BCUT2D eigenvalue weighted by Crippen LogP contribution is 2.44. The minimum Gasteiger partial charge on any atom is -0.308 e. The zero-order valence-corrected chi connectivity index (χ0v) is 18.1. The van der Waals surface area contributed by atoms with E-state index >= 15 is 0 Å². The second-order valence-electron chi connectivity index (χ2n) is 9.50. The van der Waals surface area contributed by atoms with Gasteiger partial charge in [0.1, 0.15) is 0 Å². The molecule has 0 unspecified atom stereocenters. The summed E-state index contributed by atoms with van der Waals surface area (Å²) in [5.41, 5.74) is 9.15. The molecule has 0 saturated carbocycles. The summed E-state index contributed by atoms with van der Waals surface area (Å²) in [6, 6.07) is 33.9. The van der Waals surface area contributed by atoms with Crippen molar-refractivity contribution in [3.8, 4) is 0 Å². The van der Waals surface area contributed by atoms with Crippen LogP contribution in [0.25, 0.3) is 76.2 Å². The summed E-state index contributed by atoms with van der Waals surface area (Å²) < 4.78 is 4.97. The second kappa shape index (κ2) is 5.19. The lowest BCUT2D eigenvalue weighted by atomic mass is 10.0. The third-order valence-corrected chi connectivity index (χ3v) is 7.78. The summed E-state index contributed by atoms with van der Waals surface area (Å²) in [5, 5.41) is 10.7. The quantitative estimate of drug-likeness (QED) is 0.234. The molecule has 0 aliphatic rings. The van der Waals surface area contributed by atoms with E-state index in [0.717, 1.165) is 0 Å². The van der Waals surface area contributed by atoms with Crippen molar-refractivity contribution < 1.29 is 0 Å². The predicted molar refractivity (Wildman–Crippen MR) is 140 cm³/mol. The van der Waals surface area contributed by atoms with Gasteiger partial charge in [-0.25, -0.2) is 0 Å². The molecule has 0 fully saturated rings. The van der Waals surface area contributed by atoms with Gasteiger partial charge in [-0.3, -0.25) is 0 Å². The van der Waals surface area contributed by atoms with Gasteiger partial charge in [0, 0.05) is 43.1 Å². The molecular formula is C31H18N2. The molecule has 0 atom stereocenters. The summed E-state index contributed by atoms with van der Waals surface area (Å²) in [7, 11) is 0. The maximum atomic E-state index is 2.49. The van der Waals surface area contributed by atoms with E-state index in [-0.39, 0.29) is 0 Å². The fourth-order valence-electron chi connectivity index (χ4n) is 6.56. The van der Waals surface area contributed by atoms with Gasteiger partial charge in [0.2, 0.25) is 0 Å². The summed E-state index contributed by atoms with van der Waals surface area (Å²) in [5.74, 6) is 0. The maximum absolute atomic E-state index is 2.49. The van der Waals surface area contributed by atoms with Gasteiger partial charge < -0.3 is 8.80 Å². The number of hydrogen-bond acceptors (Lipinski definition) is 0. The van der Waals surface area contributed by atoms with Crippen molar-refractivity contribution in [2.24, 2.45) is 0 Å². The number of benzene rings is 5. The van der Waals surface area contributed by atoms with Gasteiger partial charge in [-0.2, -0.15) is 0 Å². The second-order valence-corrected chi connectivity index (χ2v) is 9.50. The van der Waals surface area contributed by atoms with Crippen LogP contribution in [0.15, 0.2) is 91.0 Å². The fourth-order valence-corrected chi connectivity index (χ4v) is 6.56. The lowest BCUT2D eigenvalue weighted by molar-refractivity contribution is 1.35. The minimum atomic E-state index is 1.28. The zero-order valence-electron chi connectivity index (χ0n) is 18.1. The van der Waals surface area contributed by atoms with E-state index in [1.807, 2.05) is 0 Å². The monoisotopic (exact) mass is 418 g/mol. The van der Waals surface area contributed by atoms with Crippen LogP contribution in [0, 0.1) is 6.92 Å². The summed E-state index contributed by atoms with van der Waals surface area (Å²) in [6.07, 6.45) is 0. The number of rotatable bonds is 0. The molecule has 0 radical (unpaired) electrons. The van der Waals surface area contributed by atoms with Crippen LogP contribution in [-0.4, -0.2) is 8.80 Å². The smallest absolute Gasteiger partial charge is 0.0620 e. The Kier molecular flexibility index (Phi) is 2.57. The molecule has 2 heteroatoms. The Labute approximate surface area is 188 Å². The molecule has 152 valence electrons. The van der Waals surface area contributed by atoms with Crippen LogP contribution in [0.5, 0.6) is 0 Å². The zero-order chi connectivity index (χ0) is 21.4. The van der Waals surface area contributed by atoms with E-state index in [4.69, 9.17) is 0 Å². The van der Waals surface area contributed by atoms with Gasteiger partial charge in [0.25, 0.3) is 0 Å². The Balaban J connectivity index is 1.64. The van der Waals surface area contributed by atoms with E-state index in [0.29, 0.717) is 0 Å². The third kappa shape index (κ3) is 1.70. The molecule has 9 rings (SSSR count). The molecule has 2 nitrogen and oxygen atoms in total. The van der Waals surface area contributed by atoms with Crippen LogP contribution in [0.4, 0.5) is 0 Å². The van der Waals surface area contributed by atoms with E-state index in [9.17, 15) is 0 Å². The van der Waals surface area contributed by atoms with Crippen molar-refractivity contribution in [1.29, 1.82) is 0 Å². The van der Waals surface area contributed by atoms with Crippen molar-refractivity contribution in [3.63, 3.8) is 0 Å². The van der Waals surface area contributed by atoms with Crippen LogP contribution in [0.3, 0.4) is 0 Å². The SMILES string of the molecule is Cc1cc2c3ccccc3n3c4cc5c(cc4c(c1)c23)c1cccc2c3ccccc3n5c21. The molecule has 4 heterocycles. The topological polar surface area (TPSA) is 8.82 Å². The van der Waals surface area contributed by atoms with Gasteiger partial charge in [-0.1, -0.05) is 54.6 Å². The first-order chi connectivity index (χ1) is 16.3. The standard InChI is InChI=1S/C31H18N2/c1-17-13-24-19-8-3-5-12-27(19)33-29-16-28-22(15-23(29)25(14-17)31(24)33)21-10-6-9-20-18-7-2-4-11-26(18)32(28)30(20)21/h2-16H,1H3. The van der Waals surface area contributed by atoms with Gasteiger partial charge in [-0.05, 0) is 48.9 Å². The number of hydrogen-bond donors (Lipinski definition) is 0. The molecule has 4 aromatic heterocycles. The highest BCUT2D eigenvalue weighted by Gasteiger charge is 2.21. The number of para-hydroxylation sites is 3. The number of aryl methyl sites for hydroxylation is 1. The molecule has 5 aromatic carbocycles. The maximum Gasteiger partial charge on any atom is 0.0620 e. The fraction of sp³-hybridized carbons (Fsp3) is 0.0323. The minimum absolute atomic E-state index is 1.28. The van der Waals surface area contributed by atoms with Crippen molar-refractivity contribution >= 4 is 76.2 Å². The van der Waals surface area contributed by atoms with Crippen molar-refractivity contribution in [1.82, 2.24) is 8.80 Å². The van der Waals surface area contributed by atoms with Crippen LogP contribution < -0.4 is 0 Å². The molecule has 0 spiro atoms. The van der Waals surface area contributed by atoms with Crippen LogP contribution in [0.1, 0.15) is 5.56 Å². The Morgan fingerprint density at radius 2 is 0.879 bits per heavy atom. The van der Waals surface area contributed by atoms with E-state index in [1.165, 1.54) is 81.8 Å². The van der Waals surface area contributed by atoms with Gasteiger partial charge in [0.15, 0.2) is 0 Å². The summed E-state index contributed by atoms with van der Waals surface area (Å²) >= 11 is 0. The Hall–Kier alpha value is -4.30. The highest BCUT2D eigenvalue weighted by molar-refractivity contribution is 6.29. The normalized spacial score (nSPS) is 13.0. The lowest BCUT2D eigenvalue weighted by Gasteiger charge is -2.01. The van der Waals surface area contributed by atoms with Crippen LogP contribution in [-0.2, 0) is 0 Å². The molecular weight excluding hydrogens is 400 g/mol. The molecule has 33 heavy (non-hydrogen) atoms. The molecule has 0 aliphatic carbocycles. The number of fused-ring (bicyclic) bond motifs is 12. The molecule has 0 aliphatic heterocycles. The van der Waals surface area contributed by atoms with Gasteiger partial charge in [0.05, 0.1) is 33.1 Å². The van der Waals surface area contributed by atoms with E-state index in [1.54, 1.807) is 0 Å². The van der Waals surface area contributed by atoms with Crippen LogP contribution in [0.2, 0.25) is 0 Å². The summed E-state index contributed by atoms with van der Waals surface area (Å²) in [6.45, 7) is 2.21. The Morgan fingerprint density at radius 1 is 0.394 bits per heavy atom. The number of aromatic nitrogens is 2. The van der Waals surface area contributed by atoms with Crippen molar-refractivity contribution in [3.05, 3.63) is 96.6 Å². The first-order valence-corrected chi connectivity index (χ1v) is 11.5.